The van der Waals surface area contributed by atoms with Crippen molar-refractivity contribution in [2.45, 2.75) is 46.1 Å². The quantitative estimate of drug-likeness (QED) is 0.113. The van der Waals surface area contributed by atoms with Gasteiger partial charge in [0.05, 0.1) is 21.8 Å². The summed E-state index contributed by atoms with van der Waals surface area (Å²) >= 11 is 6.74. The van der Waals surface area contributed by atoms with Crippen molar-refractivity contribution in [2.75, 3.05) is 25.0 Å². The van der Waals surface area contributed by atoms with E-state index in [0.717, 1.165) is 5.56 Å². The summed E-state index contributed by atoms with van der Waals surface area (Å²) in [4.78, 5) is 41.2. The van der Waals surface area contributed by atoms with E-state index in [1.54, 1.807) is 19.2 Å². The number of nitrogens with one attached hydrogen (secondary N) is 1. The third-order valence-electron chi connectivity index (χ3n) is 6.74. The van der Waals surface area contributed by atoms with Gasteiger partial charge in [-0.25, -0.2) is 19.3 Å². The molecule has 222 valence electrons. The van der Waals surface area contributed by atoms with Crippen molar-refractivity contribution in [2.24, 2.45) is 4.99 Å². The molecule has 1 aromatic carbocycles. The molecule has 1 unspecified atom stereocenters. The number of amidine groups is 1. The van der Waals surface area contributed by atoms with Gasteiger partial charge in [-0.3, -0.25) is 14.6 Å². The molecule has 0 fully saturated rings. The predicted octanol–water partition coefficient (Wildman–Crippen LogP) is 5.76. The van der Waals surface area contributed by atoms with E-state index in [0.29, 0.717) is 55.2 Å². The number of aromatic hydroxyl groups is 1. The molecule has 2 heterocycles. The van der Waals surface area contributed by atoms with Gasteiger partial charge in [0.1, 0.15) is 23.2 Å². The Balaban J connectivity index is 2.41. The minimum atomic E-state index is -0.733. The predicted molar refractivity (Wildman–Crippen MR) is 165 cm³/mol. The molecule has 1 atom stereocenters. The fourth-order valence-corrected chi connectivity index (χ4v) is 4.89. The number of nitrogens with zero attached hydrogens (tertiary/aromatic N) is 5. The Labute approximate surface area is 250 Å². The van der Waals surface area contributed by atoms with Gasteiger partial charge in [-0.1, -0.05) is 43.7 Å². The van der Waals surface area contributed by atoms with E-state index < -0.39 is 5.82 Å². The van der Waals surface area contributed by atoms with Crippen LogP contribution in [0.5, 0.6) is 5.75 Å². The van der Waals surface area contributed by atoms with E-state index in [9.17, 15) is 14.7 Å². The molecular weight excluding hydrogens is 559 g/mol. The SMILES string of the molecule is C=CCCN(C(=NC)c1cc(Cl)c(-c2c(O)cccc2F)nc1N(C=O)c1nc(C)ccc1C(C)C)C(C)CNC=O. The first-order valence-electron chi connectivity index (χ1n) is 13.5. The number of aryl methyl sites for hydroxylation is 1. The fraction of sp³-hybridized carbons (Fsp3) is 0.323. The number of phenolic OH excluding ortho intramolecular Hbond substituents is 1. The molecule has 0 radical (unpaired) electrons. The minimum Gasteiger partial charge on any atom is -0.507 e. The minimum absolute atomic E-state index is 0.000719. The third-order valence-corrected chi connectivity index (χ3v) is 7.03. The van der Waals surface area contributed by atoms with E-state index in [-0.39, 0.29) is 39.8 Å². The number of amides is 2. The van der Waals surface area contributed by atoms with Crippen LogP contribution >= 0.6 is 11.6 Å². The highest BCUT2D eigenvalue weighted by molar-refractivity contribution is 6.33. The summed E-state index contributed by atoms with van der Waals surface area (Å²) in [6, 6.07) is 8.97. The Morgan fingerprint density at radius 3 is 2.52 bits per heavy atom. The molecule has 42 heavy (non-hydrogen) atoms. The Morgan fingerprint density at radius 1 is 1.19 bits per heavy atom. The van der Waals surface area contributed by atoms with Crippen LogP contribution in [0.2, 0.25) is 5.02 Å². The highest BCUT2D eigenvalue weighted by Gasteiger charge is 2.29. The lowest BCUT2D eigenvalue weighted by Crippen LogP contribution is -2.45. The van der Waals surface area contributed by atoms with Gasteiger partial charge in [0.15, 0.2) is 5.82 Å². The Morgan fingerprint density at radius 2 is 1.93 bits per heavy atom. The number of halogens is 2. The summed E-state index contributed by atoms with van der Waals surface area (Å²) in [6.45, 7) is 12.3. The van der Waals surface area contributed by atoms with Gasteiger partial charge in [-0.15, -0.1) is 6.58 Å². The number of hydrogen-bond donors (Lipinski definition) is 2. The van der Waals surface area contributed by atoms with Crippen LogP contribution in [0.15, 0.2) is 54.0 Å². The molecule has 2 amide bonds. The highest BCUT2D eigenvalue weighted by Crippen LogP contribution is 2.40. The second-order valence-corrected chi connectivity index (χ2v) is 10.4. The molecule has 0 aliphatic heterocycles. The number of anilines is 2. The van der Waals surface area contributed by atoms with Gasteiger partial charge in [0.2, 0.25) is 12.8 Å². The van der Waals surface area contributed by atoms with E-state index in [4.69, 9.17) is 16.6 Å². The molecule has 0 aliphatic rings. The van der Waals surface area contributed by atoms with Crippen molar-refractivity contribution in [3.63, 3.8) is 0 Å². The van der Waals surface area contributed by atoms with Crippen LogP contribution in [0.25, 0.3) is 11.3 Å². The fourth-order valence-electron chi connectivity index (χ4n) is 4.65. The van der Waals surface area contributed by atoms with Crippen molar-refractivity contribution in [1.29, 1.82) is 0 Å². The standard InChI is InChI=1S/C31H36ClFN6O3/c1-7-8-14-38(21(5)16-35-17-40)29(34-6)23-15-24(32)28(27-25(33)10-9-11-26(27)42)37-31(23)39(18-41)30-22(19(2)3)13-12-20(4)36-30/h7,9-13,15,17-19,21,42H,1,8,14,16H2,2-6H3,(H,35,40). The number of pyridine rings is 2. The average molecular weight is 595 g/mol. The molecule has 9 nitrogen and oxygen atoms in total. The number of hydrogen-bond acceptors (Lipinski definition) is 6. The van der Waals surface area contributed by atoms with E-state index in [1.807, 2.05) is 44.7 Å². The zero-order chi connectivity index (χ0) is 31.0. The normalized spacial score (nSPS) is 12.1. The smallest absolute Gasteiger partial charge is 0.221 e. The third kappa shape index (κ3) is 6.94. The first-order chi connectivity index (χ1) is 20.1. The lowest BCUT2D eigenvalue weighted by molar-refractivity contribution is -0.109. The maximum Gasteiger partial charge on any atom is 0.221 e. The zero-order valence-electron chi connectivity index (χ0n) is 24.4. The summed E-state index contributed by atoms with van der Waals surface area (Å²) < 4.78 is 15.1. The number of benzene rings is 1. The Hall–Kier alpha value is -4.31. The maximum absolute atomic E-state index is 15.1. The molecular formula is C31H36ClFN6O3. The van der Waals surface area contributed by atoms with Gasteiger partial charge in [-0.05, 0) is 56.0 Å². The van der Waals surface area contributed by atoms with Gasteiger partial charge in [0, 0.05) is 31.9 Å². The molecule has 0 bridgehead atoms. The monoisotopic (exact) mass is 594 g/mol. The van der Waals surface area contributed by atoms with Crippen LogP contribution in [-0.2, 0) is 9.59 Å². The van der Waals surface area contributed by atoms with E-state index >= 15 is 4.39 Å². The van der Waals surface area contributed by atoms with Crippen molar-refractivity contribution in [1.82, 2.24) is 20.2 Å². The second-order valence-electron chi connectivity index (χ2n) is 10.0. The molecule has 0 saturated heterocycles. The van der Waals surface area contributed by atoms with Crippen molar-refractivity contribution in [3.05, 3.63) is 76.7 Å². The molecule has 11 heteroatoms. The first-order valence-corrected chi connectivity index (χ1v) is 13.9. The molecule has 3 rings (SSSR count). The number of carbonyl (C=O) groups is 2. The Bertz CT molecular complexity index is 1460. The summed E-state index contributed by atoms with van der Waals surface area (Å²) in [7, 11) is 1.60. The Kier molecular flexibility index (Phi) is 11.2. The first kappa shape index (κ1) is 32.2. The highest BCUT2D eigenvalue weighted by atomic mass is 35.5. The largest absolute Gasteiger partial charge is 0.507 e. The van der Waals surface area contributed by atoms with Gasteiger partial charge in [0.25, 0.3) is 0 Å². The molecule has 0 spiro atoms. The summed E-state index contributed by atoms with van der Waals surface area (Å²) in [5, 5.41) is 13.3. The van der Waals surface area contributed by atoms with Crippen molar-refractivity contribution < 1.29 is 19.1 Å². The average Bonchev–Trinajstić information content (AvgIpc) is 2.95. The van der Waals surface area contributed by atoms with Gasteiger partial charge >= 0.3 is 0 Å². The molecule has 0 saturated carbocycles. The van der Waals surface area contributed by atoms with Crippen molar-refractivity contribution in [3.8, 4) is 17.0 Å². The van der Waals surface area contributed by atoms with Crippen LogP contribution in [0.1, 0.15) is 49.9 Å². The van der Waals surface area contributed by atoms with Crippen LogP contribution < -0.4 is 10.2 Å². The summed E-state index contributed by atoms with van der Waals surface area (Å²) in [6.07, 6.45) is 3.57. The number of aromatic nitrogens is 2. The van der Waals surface area contributed by atoms with Gasteiger partial charge < -0.3 is 15.3 Å². The topological polar surface area (TPSA) is 111 Å². The molecule has 2 N–H and O–H groups in total. The van der Waals surface area contributed by atoms with Crippen molar-refractivity contribution >= 4 is 41.9 Å². The number of aliphatic imine (C=N–C) groups is 1. The van der Waals surface area contributed by atoms with Gasteiger partial charge in [-0.2, -0.15) is 0 Å². The summed E-state index contributed by atoms with van der Waals surface area (Å²) in [5.74, 6) is -0.225. The van der Waals surface area contributed by atoms with Crippen LogP contribution in [-0.4, -0.2) is 64.8 Å². The molecule has 3 aromatic rings. The lowest BCUT2D eigenvalue weighted by atomic mass is 10.0. The lowest BCUT2D eigenvalue weighted by Gasteiger charge is -2.33. The zero-order valence-corrected chi connectivity index (χ0v) is 25.2. The number of phenols is 1. The second kappa shape index (κ2) is 14.5. The van der Waals surface area contributed by atoms with Crippen LogP contribution in [0, 0.1) is 12.7 Å². The van der Waals surface area contributed by atoms with E-state index in [1.165, 1.54) is 23.1 Å². The molecule has 2 aromatic heterocycles. The maximum atomic E-state index is 15.1. The summed E-state index contributed by atoms with van der Waals surface area (Å²) in [5.41, 5.74) is 1.57. The number of rotatable bonds is 13. The molecule has 0 aliphatic carbocycles. The van der Waals surface area contributed by atoms with Crippen LogP contribution in [0.4, 0.5) is 16.0 Å². The van der Waals surface area contributed by atoms with Crippen LogP contribution in [0.3, 0.4) is 0 Å². The number of carbonyl (C=O) groups excluding carboxylic acids is 2. The van der Waals surface area contributed by atoms with E-state index in [2.05, 4.69) is 21.9 Å².